The van der Waals surface area contributed by atoms with Gasteiger partial charge in [-0.1, -0.05) is 23.4 Å². The number of hydrogen-bond acceptors (Lipinski definition) is 4. The molecule has 0 unspecified atom stereocenters. The first-order valence-electron chi connectivity index (χ1n) is 5.29. The lowest BCUT2D eigenvalue weighted by molar-refractivity contribution is 1.09. The van der Waals surface area contributed by atoms with Crippen molar-refractivity contribution in [3.8, 4) is 11.8 Å². The molecule has 0 fully saturated rings. The van der Waals surface area contributed by atoms with Crippen molar-refractivity contribution in [3.05, 3.63) is 46.3 Å². The standard InChI is InChI=1S/C13H11ClN4/c1-8-11(13(14)18-7-17-8)4-3-10-5-12(15)9(2)16-6-10/h5-7H,15H2,1-2H3. The number of rotatable bonds is 0. The van der Waals surface area contributed by atoms with Gasteiger partial charge in [-0.05, 0) is 19.9 Å². The quantitative estimate of drug-likeness (QED) is 0.581. The zero-order valence-electron chi connectivity index (χ0n) is 10.0. The van der Waals surface area contributed by atoms with E-state index < -0.39 is 0 Å². The number of nitrogens with two attached hydrogens (primary N) is 1. The van der Waals surface area contributed by atoms with Crippen LogP contribution in [0.25, 0.3) is 0 Å². The Labute approximate surface area is 110 Å². The van der Waals surface area contributed by atoms with Crippen molar-refractivity contribution in [2.45, 2.75) is 13.8 Å². The zero-order valence-corrected chi connectivity index (χ0v) is 10.8. The van der Waals surface area contributed by atoms with Gasteiger partial charge in [0.05, 0.1) is 22.6 Å². The van der Waals surface area contributed by atoms with E-state index in [0.29, 0.717) is 16.4 Å². The van der Waals surface area contributed by atoms with Crippen LogP contribution in [0, 0.1) is 25.7 Å². The average Bonchev–Trinajstić information content (AvgIpc) is 2.33. The summed E-state index contributed by atoms with van der Waals surface area (Å²) >= 11 is 5.96. The zero-order chi connectivity index (χ0) is 13.1. The van der Waals surface area contributed by atoms with Crippen LogP contribution in [0.5, 0.6) is 0 Å². The fourth-order valence-corrected chi connectivity index (χ4v) is 1.57. The van der Waals surface area contributed by atoms with Gasteiger partial charge in [0.15, 0.2) is 0 Å². The molecule has 0 aromatic carbocycles. The second-order valence-corrected chi connectivity index (χ2v) is 4.13. The number of aryl methyl sites for hydroxylation is 2. The van der Waals surface area contributed by atoms with Crippen molar-refractivity contribution in [1.29, 1.82) is 0 Å². The third-order valence-electron chi connectivity index (χ3n) is 2.45. The Bertz CT molecular complexity index is 636. The van der Waals surface area contributed by atoms with Crippen molar-refractivity contribution in [2.24, 2.45) is 0 Å². The first-order chi connectivity index (χ1) is 8.58. The van der Waals surface area contributed by atoms with Crippen LogP contribution in [0.3, 0.4) is 0 Å². The summed E-state index contributed by atoms with van der Waals surface area (Å²) in [6.07, 6.45) is 3.08. The number of pyridine rings is 1. The molecule has 0 atom stereocenters. The molecule has 0 saturated carbocycles. The molecule has 0 saturated heterocycles. The summed E-state index contributed by atoms with van der Waals surface area (Å²) < 4.78 is 0. The van der Waals surface area contributed by atoms with Crippen molar-refractivity contribution < 1.29 is 0 Å². The smallest absolute Gasteiger partial charge is 0.148 e. The second kappa shape index (κ2) is 5.03. The van der Waals surface area contributed by atoms with Crippen LogP contribution in [0.15, 0.2) is 18.6 Å². The molecular weight excluding hydrogens is 248 g/mol. The second-order valence-electron chi connectivity index (χ2n) is 3.77. The number of anilines is 1. The normalized spacial score (nSPS) is 9.72. The Morgan fingerprint density at radius 1 is 1.11 bits per heavy atom. The van der Waals surface area contributed by atoms with Gasteiger partial charge in [-0.15, -0.1) is 0 Å². The molecule has 0 radical (unpaired) electrons. The molecule has 0 amide bonds. The summed E-state index contributed by atoms with van der Waals surface area (Å²) in [5.74, 6) is 5.90. The Hall–Kier alpha value is -2.12. The van der Waals surface area contributed by atoms with Crippen LogP contribution in [0.2, 0.25) is 5.15 Å². The highest BCUT2D eigenvalue weighted by Gasteiger charge is 2.02. The third-order valence-corrected chi connectivity index (χ3v) is 2.74. The van der Waals surface area contributed by atoms with Crippen molar-refractivity contribution in [3.63, 3.8) is 0 Å². The number of hydrogen-bond donors (Lipinski definition) is 1. The van der Waals surface area contributed by atoms with E-state index in [2.05, 4.69) is 26.8 Å². The minimum atomic E-state index is 0.350. The monoisotopic (exact) mass is 258 g/mol. The van der Waals surface area contributed by atoms with E-state index in [4.69, 9.17) is 17.3 Å². The highest BCUT2D eigenvalue weighted by molar-refractivity contribution is 6.30. The first kappa shape index (κ1) is 12.3. The van der Waals surface area contributed by atoms with Gasteiger partial charge in [-0.2, -0.15) is 0 Å². The number of halogens is 1. The van der Waals surface area contributed by atoms with E-state index in [1.165, 1.54) is 6.33 Å². The fraction of sp³-hybridized carbons (Fsp3) is 0.154. The maximum absolute atomic E-state index is 5.96. The van der Waals surface area contributed by atoms with E-state index in [1.54, 1.807) is 12.3 Å². The minimum absolute atomic E-state index is 0.350. The summed E-state index contributed by atoms with van der Waals surface area (Å²) in [6.45, 7) is 3.68. The fourth-order valence-electron chi connectivity index (χ4n) is 1.34. The first-order valence-corrected chi connectivity index (χ1v) is 5.67. The molecule has 0 aliphatic rings. The highest BCUT2D eigenvalue weighted by Crippen LogP contribution is 2.14. The van der Waals surface area contributed by atoms with Crippen LogP contribution in [0.4, 0.5) is 5.69 Å². The predicted octanol–water partition coefficient (Wildman–Crippen LogP) is 2.12. The van der Waals surface area contributed by atoms with Crippen molar-refractivity contribution in [2.75, 3.05) is 5.73 Å². The molecule has 90 valence electrons. The molecular formula is C13H11ClN4. The maximum Gasteiger partial charge on any atom is 0.148 e. The van der Waals surface area contributed by atoms with Gasteiger partial charge in [-0.3, -0.25) is 4.98 Å². The molecule has 18 heavy (non-hydrogen) atoms. The van der Waals surface area contributed by atoms with E-state index in [1.807, 2.05) is 13.8 Å². The van der Waals surface area contributed by atoms with Gasteiger partial charge in [0.2, 0.25) is 0 Å². The topological polar surface area (TPSA) is 64.7 Å². The van der Waals surface area contributed by atoms with Crippen molar-refractivity contribution in [1.82, 2.24) is 15.0 Å². The highest BCUT2D eigenvalue weighted by atomic mass is 35.5. The van der Waals surface area contributed by atoms with Crippen LogP contribution in [-0.4, -0.2) is 15.0 Å². The predicted molar refractivity (Wildman–Crippen MR) is 71.1 cm³/mol. The van der Waals surface area contributed by atoms with Gasteiger partial charge in [0.1, 0.15) is 11.5 Å². The summed E-state index contributed by atoms with van der Waals surface area (Å²) in [7, 11) is 0. The third kappa shape index (κ3) is 2.58. The Kier molecular flexibility index (Phi) is 3.45. The van der Waals surface area contributed by atoms with Crippen LogP contribution >= 0.6 is 11.6 Å². The molecule has 0 aliphatic carbocycles. The van der Waals surface area contributed by atoms with Crippen molar-refractivity contribution >= 4 is 17.3 Å². The number of aromatic nitrogens is 3. The molecule has 2 N–H and O–H groups in total. The van der Waals surface area contributed by atoms with Crippen LogP contribution < -0.4 is 5.73 Å². The molecule has 0 bridgehead atoms. The largest absolute Gasteiger partial charge is 0.397 e. The molecule has 2 rings (SSSR count). The van der Waals surface area contributed by atoms with Gasteiger partial charge in [-0.25, -0.2) is 9.97 Å². The summed E-state index contributed by atoms with van der Waals surface area (Å²) in [5, 5.41) is 0.350. The molecule has 0 spiro atoms. The molecule has 5 heteroatoms. The lowest BCUT2D eigenvalue weighted by Crippen LogP contribution is -1.94. The average molecular weight is 259 g/mol. The number of nitrogens with zero attached hydrogens (tertiary/aromatic N) is 3. The molecule has 2 heterocycles. The lowest BCUT2D eigenvalue weighted by atomic mass is 10.2. The maximum atomic E-state index is 5.96. The minimum Gasteiger partial charge on any atom is -0.397 e. The SMILES string of the molecule is Cc1ncc(C#Cc2c(C)ncnc2Cl)cc1N. The van der Waals surface area contributed by atoms with E-state index >= 15 is 0 Å². The van der Waals surface area contributed by atoms with Gasteiger partial charge < -0.3 is 5.73 Å². The molecule has 4 nitrogen and oxygen atoms in total. The van der Waals surface area contributed by atoms with E-state index in [9.17, 15) is 0 Å². The van der Waals surface area contributed by atoms with E-state index in [-0.39, 0.29) is 0 Å². The Morgan fingerprint density at radius 2 is 1.89 bits per heavy atom. The summed E-state index contributed by atoms with van der Waals surface area (Å²) in [5.41, 5.74) is 9.28. The Morgan fingerprint density at radius 3 is 2.56 bits per heavy atom. The van der Waals surface area contributed by atoms with Gasteiger partial charge in [0, 0.05) is 11.8 Å². The molecule has 0 aliphatic heterocycles. The summed E-state index contributed by atoms with van der Waals surface area (Å²) in [6, 6.07) is 1.78. The summed E-state index contributed by atoms with van der Waals surface area (Å²) in [4.78, 5) is 12.1. The lowest BCUT2D eigenvalue weighted by Gasteiger charge is -1.99. The van der Waals surface area contributed by atoms with Crippen LogP contribution in [0.1, 0.15) is 22.5 Å². The van der Waals surface area contributed by atoms with Gasteiger partial charge >= 0.3 is 0 Å². The molecule has 2 aromatic heterocycles. The van der Waals surface area contributed by atoms with Gasteiger partial charge in [0.25, 0.3) is 0 Å². The van der Waals surface area contributed by atoms with E-state index in [0.717, 1.165) is 17.0 Å². The number of nitrogen functional groups attached to an aromatic ring is 1. The van der Waals surface area contributed by atoms with Crippen LogP contribution in [-0.2, 0) is 0 Å². The Balaban J connectivity index is 2.40. The molecule has 2 aromatic rings.